The van der Waals surface area contributed by atoms with Crippen LogP contribution in [0.5, 0.6) is 11.6 Å². The molecule has 100 valence electrons. The number of nitrogens with zero attached hydrogens (tertiary/aromatic N) is 2. The predicted molar refractivity (Wildman–Crippen MR) is 79.8 cm³/mol. The highest BCUT2D eigenvalue weighted by Crippen LogP contribution is 2.24. The molecule has 1 aromatic carbocycles. The number of ether oxygens (including phenoxy) is 1. The summed E-state index contributed by atoms with van der Waals surface area (Å²) in [7, 11) is 0. The van der Waals surface area contributed by atoms with E-state index in [1.165, 1.54) is 0 Å². The van der Waals surface area contributed by atoms with Crippen LogP contribution in [0.4, 0.5) is 5.95 Å². The van der Waals surface area contributed by atoms with Gasteiger partial charge in [0, 0.05) is 22.8 Å². The number of nitrogens with one attached hydrogen (secondary N) is 1. The molecule has 2 aromatic rings. The summed E-state index contributed by atoms with van der Waals surface area (Å²) in [4.78, 5) is 8.66. The van der Waals surface area contributed by atoms with Gasteiger partial charge in [-0.1, -0.05) is 28.9 Å². The Morgan fingerprint density at radius 1 is 1.26 bits per heavy atom. The highest BCUT2D eigenvalue weighted by Gasteiger charge is 2.04. The third-order valence-corrected chi connectivity index (χ3v) is 2.88. The van der Waals surface area contributed by atoms with E-state index in [1.54, 1.807) is 0 Å². The van der Waals surface area contributed by atoms with Gasteiger partial charge in [0.15, 0.2) is 0 Å². The first-order valence-electron chi connectivity index (χ1n) is 6.20. The van der Waals surface area contributed by atoms with Gasteiger partial charge in [-0.15, -0.1) is 0 Å². The summed E-state index contributed by atoms with van der Waals surface area (Å²) in [6.07, 6.45) is 1.03. The lowest BCUT2D eigenvalue weighted by Gasteiger charge is -2.08. The number of halogens is 1. The van der Waals surface area contributed by atoms with Crippen LogP contribution in [0.15, 0.2) is 34.8 Å². The lowest BCUT2D eigenvalue weighted by Crippen LogP contribution is -2.05. The average molecular weight is 322 g/mol. The van der Waals surface area contributed by atoms with Crippen LogP contribution in [0.2, 0.25) is 0 Å². The van der Waals surface area contributed by atoms with Crippen LogP contribution in [-0.2, 0) is 0 Å². The number of anilines is 1. The monoisotopic (exact) mass is 321 g/mol. The van der Waals surface area contributed by atoms with Crippen molar-refractivity contribution >= 4 is 21.9 Å². The van der Waals surface area contributed by atoms with Crippen LogP contribution >= 0.6 is 15.9 Å². The van der Waals surface area contributed by atoms with Gasteiger partial charge in [-0.05, 0) is 31.5 Å². The second-order valence-corrected chi connectivity index (χ2v) is 5.07. The molecular weight excluding hydrogens is 306 g/mol. The Hall–Kier alpha value is -1.62. The first-order valence-corrected chi connectivity index (χ1v) is 6.99. The zero-order valence-electron chi connectivity index (χ0n) is 11.0. The van der Waals surface area contributed by atoms with Crippen LogP contribution in [-0.4, -0.2) is 16.5 Å². The van der Waals surface area contributed by atoms with Gasteiger partial charge in [0.05, 0.1) is 0 Å². The maximum atomic E-state index is 5.74. The number of benzene rings is 1. The summed E-state index contributed by atoms with van der Waals surface area (Å²) < 4.78 is 6.71. The van der Waals surface area contributed by atoms with Gasteiger partial charge in [-0.3, -0.25) is 0 Å². The molecule has 5 heteroatoms. The quantitative estimate of drug-likeness (QED) is 0.898. The van der Waals surface area contributed by atoms with Crippen molar-refractivity contribution in [1.29, 1.82) is 0 Å². The number of rotatable bonds is 5. The van der Waals surface area contributed by atoms with Crippen LogP contribution in [0, 0.1) is 6.92 Å². The van der Waals surface area contributed by atoms with E-state index in [1.807, 2.05) is 37.3 Å². The number of aryl methyl sites for hydroxylation is 1. The van der Waals surface area contributed by atoms with E-state index in [0.717, 1.165) is 28.9 Å². The van der Waals surface area contributed by atoms with E-state index < -0.39 is 0 Å². The normalized spacial score (nSPS) is 10.3. The van der Waals surface area contributed by atoms with Crippen molar-refractivity contribution < 1.29 is 4.74 Å². The number of aromatic nitrogens is 2. The zero-order valence-corrected chi connectivity index (χ0v) is 12.6. The highest BCUT2D eigenvalue weighted by molar-refractivity contribution is 9.10. The molecule has 0 radical (unpaired) electrons. The summed E-state index contributed by atoms with van der Waals surface area (Å²) >= 11 is 3.41. The molecule has 0 aliphatic rings. The minimum absolute atomic E-state index is 0.546. The molecule has 4 nitrogen and oxygen atoms in total. The maximum Gasteiger partial charge on any atom is 0.226 e. The Balaban J connectivity index is 2.17. The molecule has 0 unspecified atom stereocenters. The fraction of sp³-hybridized carbons (Fsp3) is 0.286. The highest BCUT2D eigenvalue weighted by atomic mass is 79.9. The largest absolute Gasteiger partial charge is 0.439 e. The zero-order chi connectivity index (χ0) is 13.7. The minimum atomic E-state index is 0.546. The van der Waals surface area contributed by atoms with Crippen molar-refractivity contribution in [3.63, 3.8) is 0 Å². The number of hydrogen-bond donors (Lipinski definition) is 1. The molecule has 0 aliphatic carbocycles. The van der Waals surface area contributed by atoms with Gasteiger partial charge >= 0.3 is 0 Å². The smallest absolute Gasteiger partial charge is 0.226 e. The Morgan fingerprint density at radius 2 is 2.11 bits per heavy atom. The Morgan fingerprint density at radius 3 is 2.84 bits per heavy atom. The Kier molecular flexibility index (Phi) is 4.74. The van der Waals surface area contributed by atoms with Gasteiger partial charge in [0.1, 0.15) is 5.75 Å². The summed E-state index contributed by atoms with van der Waals surface area (Å²) in [5, 5.41) is 3.16. The second kappa shape index (κ2) is 6.52. The fourth-order valence-electron chi connectivity index (χ4n) is 1.56. The molecule has 0 saturated heterocycles. The number of hydrogen-bond acceptors (Lipinski definition) is 4. The van der Waals surface area contributed by atoms with Gasteiger partial charge in [-0.25, -0.2) is 4.98 Å². The third-order valence-electron chi connectivity index (χ3n) is 2.38. The lowest BCUT2D eigenvalue weighted by molar-refractivity contribution is 0.461. The van der Waals surface area contributed by atoms with Crippen LogP contribution in [0.3, 0.4) is 0 Å². The molecule has 0 amide bonds. The molecule has 1 heterocycles. The topological polar surface area (TPSA) is 47.0 Å². The molecule has 0 spiro atoms. The summed E-state index contributed by atoms with van der Waals surface area (Å²) in [5.41, 5.74) is 0.874. The van der Waals surface area contributed by atoms with E-state index in [-0.39, 0.29) is 0 Å². The predicted octanol–water partition coefficient (Wildman–Crippen LogP) is 4.16. The van der Waals surface area contributed by atoms with Crippen LogP contribution < -0.4 is 10.1 Å². The van der Waals surface area contributed by atoms with Crippen molar-refractivity contribution in [2.75, 3.05) is 11.9 Å². The molecule has 0 saturated carbocycles. The first-order chi connectivity index (χ1) is 9.17. The Bertz CT molecular complexity index is 560. The van der Waals surface area contributed by atoms with Crippen LogP contribution in [0.25, 0.3) is 0 Å². The first kappa shape index (κ1) is 13.8. The van der Waals surface area contributed by atoms with Gasteiger partial charge in [0.25, 0.3) is 0 Å². The van der Waals surface area contributed by atoms with Gasteiger partial charge in [-0.2, -0.15) is 4.98 Å². The van der Waals surface area contributed by atoms with E-state index >= 15 is 0 Å². The van der Waals surface area contributed by atoms with Crippen molar-refractivity contribution in [2.45, 2.75) is 20.3 Å². The Labute approximate surface area is 121 Å². The van der Waals surface area contributed by atoms with Crippen molar-refractivity contribution in [3.05, 3.63) is 40.5 Å². The van der Waals surface area contributed by atoms with E-state index in [9.17, 15) is 0 Å². The molecule has 1 aromatic heterocycles. The van der Waals surface area contributed by atoms with Crippen LogP contribution in [0.1, 0.15) is 19.0 Å². The average Bonchev–Trinajstić information content (AvgIpc) is 2.35. The molecule has 0 atom stereocenters. The van der Waals surface area contributed by atoms with Gasteiger partial charge in [0.2, 0.25) is 11.8 Å². The van der Waals surface area contributed by atoms with Crippen molar-refractivity contribution in [1.82, 2.24) is 9.97 Å². The molecule has 0 fully saturated rings. The molecule has 1 N–H and O–H groups in total. The second-order valence-electron chi connectivity index (χ2n) is 4.16. The molecule has 0 aliphatic heterocycles. The summed E-state index contributed by atoms with van der Waals surface area (Å²) in [5.74, 6) is 1.89. The lowest BCUT2D eigenvalue weighted by atomic mass is 10.3. The van der Waals surface area contributed by atoms with E-state index in [0.29, 0.717) is 11.8 Å². The standard InChI is InChI=1S/C14H16BrN3O/c1-3-7-16-14-17-10(2)8-13(18-14)19-12-6-4-5-11(15)9-12/h4-6,8-9H,3,7H2,1-2H3,(H,16,17,18). The van der Waals surface area contributed by atoms with E-state index in [4.69, 9.17) is 4.74 Å². The van der Waals surface area contributed by atoms with E-state index in [2.05, 4.69) is 38.1 Å². The van der Waals surface area contributed by atoms with Crippen molar-refractivity contribution in [2.24, 2.45) is 0 Å². The SMILES string of the molecule is CCCNc1nc(C)cc(Oc2cccc(Br)c2)n1. The van der Waals surface area contributed by atoms with Gasteiger partial charge < -0.3 is 10.1 Å². The maximum absolute atomic E-state index is 5.74. The third kappa shape index (κ3) is 4.21. The van der Waals surface area contributed by atoms with Crippen molar-refractivity contribution in [3.8, 4) is 11.6 Å². The molecular formula is C14H16BrN3O. The minimum Gasteiger partial charge on any atom is -0.439 e. The summed E-state index contributed by atoms with van der Waals surface area (Å²) in [6, 6.07) is 9.48. The molecule has 2 rings (SSSR count). The molecule has 19 heavy (non-hydrogen) atoms. The summed E-state index contributed by atoms with van der Waals surface area (Å²) in [6.45, 7) is 4.87. The molecule has 0 bridgehead atoms. The fourth-order valence-corrected chi connectivity index (χ4v) is 1.94.